The molecule has 0 aliphatic carbocycles. The van der Waals surface area contributed by atoms with E-state index in [0.717, 1.165) is 26.1 Å². The number of alkyl halides is 1. The smallest absolute Gasteiger partial charge is 0.0609 e. The molecule has 0 aliphatic heterocycles. The first-order valence-electron chi connectivity index (χ1n) is 9.48. The van der Waals surface area contributed by atoms with Crippen LogP contribution in [0.25, 0.3) is 0 Å². The quantitative estimate of drug-likeness (QED) is 0.121. The van der Waals surface area contributed by atoms with Crippen LogP contribution < -0.4 is 0 Å². The molecule has 2 heteroatoms. The number of rotatable bonds is 13. The lowest BCUT2D eigenvalue weighted by molar-refractivity contribution is 0.118. The summed E-state index contributed by atoms with van der Waals surface area (Å²) in [5.41, 5.74) is 4.46. The molecule has 24 heavy (non-hydrogen) atoms. The van der Waals surface area contributed by atoms with Gasteiger partial charge in [0.05, 0.1) is 6.61 Å². The van der Waals surface area contributed by atoms with Gasteiger partial charge in [-0.15, -0.1) is 0 Å². The molecule has 1 atom stereocenters. The maximum atomic E-state index is 5.70. The normalized spacial score (nSPS) is 15.3. The van der Waals surface area contributed by atoms with Gasteiger partial charge in [0, 0.05) is 10.0 Å². The predicted octanol–water partition coefficient (Wildman–Crippen LogP) is 7.81. The molecule has 0 heterocycles. The summed E-state index contributed by atoms with van der Waals surface area (Å²) in [6.45, 7) is 15.1. The molecule has 0 aromatic carbocycles. The Morgan fingerprint density at radius 1 is 0.917 bits per heavy atom. The molecular weight excluding hydrogens is 407 g/mol. The van der Waals surface area contributed by atoms with Crippen molar-refractivity contribution in [1.29, 1.82) is 0 Å². The molecule has 0 fully saturated rings. The topological polar surface area (TPSA) is 9.23 Å². The Morgan fingerprint density at radius 3 is 2.00 bits per heavy atom. The maximum Gasteiger partial charge on any atom is 0.0609 e. The van der Waals surface area contributed by atoms with Crippen molar-refractivity contribution < 1.29 is 4.74 Å². The van der Waals surface area contributed by atoms with E-state index in [-0.39, 0.29) is 3.42 Å². The molecule has 0 spiro atoms. The molecule has 0 bridgehead atoms. The van der Waals surface area contributed by atoms with E-state index in [1.54, 1.807) is 0 Å². The number of halogens is 1. The second kappa shape index (κ2) is 14.1. The van der Waals surface area contributed by atoms with Crippen LogP contribution in [0.15, 0.2) is 34.9 Å². The molecule has 0 radical (unpaired) electrons. The number of ether oxygens (including phenoxy) is 1. The number of hydrogen-bond donors (Lipinski definition) is 0. The summed E-state index contributed by atoms with van der Waals surface area (Å²) in [5, 5.41) is 0. The van der Waals surface area contributed by atoms with Crippen LogP contribution in [0.5, 0.6) is 0 Å². The van der Waals surface area contributed by atoms with Gasteiger partial charge in [-0.05, 0) is 79.6 Å². The third kappa shape index (κ3) is 15.4. The van der Waals surface area contributed by atoms with Crippen LogP contribution in [-0.2, 0) is 4.74 Å². The lowest BCUT2D eigenvalue weighted by Gasteiger charge is -2.21. The van der Waals surface area contributed by atoms with Crippen LogP contribution in [0, 0.1) is 0 Å². The third-order valence-electron chi connectivity index (χ3n) is 4.03. The Balaban J connectivity index is 3.99. The lowest BCUT2D eigenvalue weighted by atomic mass is 10.0. The highest BCUT2D eigenvalue weighted by Crippen LogP contribution is 2.25. The van der Waals surface area contributed by atoms with Crippen LogP contribution in [0.4, 0.5) is 0 Å². The molecule has 0 amide bonds. The van der Waals surface area contributed by atoms with Crippen LogP contribution in [0.1, 0.15) is 86.5 Å². The Kier molecular flexibility index (Phi) is 14.1. The minimum Gasteiger partial charge on any atom is -0.380 e. The van der Waals surface area contributed by atoms with Crippen molar-refractivity contribution in [1.82, 2.24) is 0 Å². The van der Waals surface area contributed by atoms with Gasteiger partial charge in [0.2, 0.25) is 0 Å². The fourth-order valence-electron chi connectivity index (χ4n) is 2.46. The van der Waals surface area contributed by atoms with Crippen LogP contribution in [0.2, 0.25) is 0 Å². The monoisotopic (exact) mass is 446 g/mol. The van der Waals surface area contributed by atoms with E-state index in [1.807, 2.05) is 0 Å². The van der Waals surface area contributed by atoms with Gasteiger partial charge in [0.1, 0.15) is 0 Å². The highest BCUT2D eigenvalue weighted by Gasteiger charge is 2.19. The molecular formula is C22H39IO. The third-order valence-corrected chi connectivity index (χ3v) is 4.88. The van der Waals surface area contributed by atoms with Gasteiger partial charge in [-0.25, -0.2) is 0 Å². The van der Waals surface area contributed by atoms with Gasteiger partial charge in [-0.3, -0.25) is 0 Å². The van der Waals surface area contributed by atoms with Crippen molar-refractivity contribution in [2.75, 3.05) is 13.2 Å². The second-order valence-corrected chi connectivity index (χ2v) is 10.1. The summed E-state index contributed by atoms with van der Waals surface area (Å²) in [4.78, 5) is 0. The fraction of sp³-hybridized carbons (Fsp3) is 0.727. The zero-order chi connectivity index (χ0) is 18.4. The first-order valence-corrected chi connectivity index (χ1v) is 10.6. The summed E-state index contributed by atoms with van der Waals surface area (Å²) in [6, 6.07) is 0. The van der Waals surface area contributed by atoms with E-state index in [1.165, 1.54) is 48.8 Å². The SMILES string of the molecule is CCCOCC(C)(I)CC/C=C(\C)CC/C=C(\C)CCC=C(C)C. The minimum absolute atomic E-state index is 0.255. The van der Waals surface area contributed by atoms with Gasteiger partial charge in [-0.1, -0.05) is 64.5 Å². The van der Waals surface area contributed by atoms with Gasteiger partial charge < -0.3 is 4.74 Å². The number of hydrogen-bond acceptors (Lipinski definition) is 1. The molecule has 0 aromatic heterocycles. The molecule has 0 N–H and O–H groups in total. The largest absolute Gasteiger partial charge is 0.380 e. The van der Waals surface area contributed by atoms with E-state index in [2.05, 4.69) is 82.4 Å². The summed E-state index contributed by atoms with van der Waals surface area (Å²) in [6.07, 6.45) is 15.3. The average Bonchev–Trinajstić information content (AvgIpc) is 2.46. The lowest BCUT2D eigenvalue weighted by Crippen LogP contribution is -2.23. The molecule has 140 valence electrons. The molecule has 1 unspecified atom stereocenters. The van der Waals surface area contributed by atoms with E-state index in [4.69, 9.17) is 4.74 Å². The molecule has 0 aliphatic rings. The van der Waals surface area contributed by atoms with Crippen molar-refractivity contribution in [2.45, 2.75) is 89.9 Å². The molecule has 0 rings (SSSR count). The zero-order valence-electron chi connectivity index (χ0n) is 16.9. The summed E-state index contributed by atoms with van der Waals surface area (Å²) < 4.78 is 5.96. The Labute approximate surface area is 165 Å². The molecule has 0 saturated heterocycles. The van der Waals surface area contributed by atoms with Crippen LogP contribution in [0.3, 0.4) is 0 Å². The van der Waals surface area contributed by atoms with Gasteiger partial charge in [0.25, 0.3) is 0 Å². The summed E-state index contributed by atoms with van der Waals surface area (Å²) in [5.74, 6) is 0. The van der Waals surface area contributed by atoms with Gasteiger partial charge in [0.15, 0.2) is 0 Å². The zero-order valence-corrected chi connectivity index (χ0v) is 19.0. The predicted molar refractivity (Wildman–Crippen MR) is 118 cm³/mol. The summed E-state index contributed by atoms with van der Waals surface area (Å²) >= 11 is 2.55. The van der Waals surface area contributed by atoms with Crippen molar-refractivity contribution in [2.24, 2.45) is 0 Å². The van der Waals surface area contributed by atoms with Crippen LogP contribution in [-0.4, -0.2) is 16.6 Å². The van der Waals surface area contributed by atoms with Crippen molar-refractivity contribution in [3.8, 4) is 0 Å². The van der Waals surface area contributed by atoms with Crippen molar-refractivity contribution in [3.05, 3.63) is 34.9 Å². The van der Waals surface area contributed by atoms with E-state index >= 15 is 0 Å². The van der Waals surface area contributed by atoms with E-state index in [0.29, 0.717) is 0 Å². The highest BCUT2D eigenvalue weighted by molar-refractivity contribution is 14.1. The average molecular weight is 446 g/mol. The number of allylic oxidation sites excluding steroid dienone is 6. The Hall–Kier alpha value is -0.0900. The minimum atomic E-state index is 0.255. The maximum absolute atomic E-state index is 5.70. The van der Waals surface area contributed by atoms with Crippen molar-refractivity contribution in [3.63, 3.8) is 0 Å². The molecule has 1 nitrogen and oxygen atoms in total. The van der Waals surface area contributed by atoms with E-state index in [9.17, 15) is 0 Å². The van der Waals surface area contributed by atoms with Crippen molar-refractivity contribution >= 4 is 22.6 Å². The van der Waals surface area contributed by atoms with Crippen LogP contribution >= 0.6 is 22.6 Å². The first-order chi connectivity index (χ1) is 11.3. The van der Waals surface area contributed by atoms with Gasteiger partial charge in [-0.2, -0.15) is 0 Å². The summed E-state index contributed by atoms with van der Waals surface area (Å²) in [7, 11) is 0. The standard InChI is InChI=1S/C22H39IO/c1-7-17-24-18-22(6,23)16-10-15-21(5)14-9-13-20(4)12-8-11-19(2)3/h11,13,15H,7-10,12,14,16-18H2,1-6H3/b20-13+,21-15+. The Morgan fingerprint density at radius 2 is 1.46 bits per heavy atom. The molecule has 0 aromatic rings. The first kappa shape index (κ1) is 23.9. The van der Waals surface area contributed by atoms with E-state index < -0.39 is 0 Å². The highest BCUT2D eigenvalue weighted by atomic mass is 127. The fourth-order valence-corrected chi connectivity index (χ4v) is 2.99. The second-order valence-electron chi connectivity index (χ2n) is 7.46. The Bertz CT molecular complexity index is 412. The van der Waals surface area contributed by atoms with Gasteiger partial charge >= 0.3 is 0 Å². The molecule has 0 saturated carbocycles.